The summed E-state index contributed by atoms with van der Waals surface area (Å²) in [7, 11) is 0. The van der Waals surface area contributed by atoms with E-state index in [2.05, 4.69) is 10.2 Å². The number of carbonyl (C=O) groups is 1. The Bertz CT molecular complexity index is 739. The molecule has 0 saturated heterocycles. The van der Waals surface area contributed by atoms with Crippen molar-refractivity contribution in [2.24, 2.45) is 0 Å². The summed E-state index contributed by atoms with van der Waals surface area (Å²) in [5.74, 6) is -0.851. The van der Waals surface area contributed by atoms with Gasteiger partial charge >= 0.3 is 5.97 Å². The van der Waals surface area contributed by atoms with Crippen LogP contribution in [0, 0.1) is 0 Å². The van der Waals surface area contributed by atoms with Gasteiger partial charge in [0.25, 0.3) is 0 Å². The molecule has 90 valence electrons. The van der Waals surface area contributed by atoms with E-state index in [4.69, 9.17) is 5.11 Å². The Hall–Kier alpha value is -1.66. The molecular formula is C12H8N2O2S2. The summed E-state index contributed by atoms with van der Waals surface area (Å²) in [6, 6.07) is 8.04. The minimum Gasteiger partial charge on any atom is -0.481 e. The number of hydrogen-bond acceptors (Lipinski definition) is 5. The first-order chi connectivity index (χ1) is 8.75. The van der Waals surface area contributed by atoms with Crippen LogP contribution in [0.3, 0.4) is 0 Å². The van der Waals surface area contributed by atoms with Gasteiger partial charge in [-0.05, 0) is 6.07 Å². The molecule has 0 aliphatic rings. The molecule has 1 N–H and O–H groups in total. The molecule has 3 aromatic rings. The predicted molar refractivity (Wildman–Crippen MR) is 73.3 cm³/mol. The van der Waals surface area contributed by atoms with Crippen molar-refractivity contribution in [1.29, 1.82) is 0 Å². The number of carboxylic acids is 1. The lowest BCUT2D eigenvalue weighted by molar-refractivity contribution is -0.133. The molecule has 3 rings (SSSR count). The number of aromatic nitrogens is 2. The lowest BCUT2D eigenvalue weighted by atomic mass is 10.2. The molecule has 0 amide bonds. The minimum absolute atomic E-state index is 0.00202. The van der Waals surface area contributed by atoms with Gasteiger partial charge in [0.15, 0.2) is 0 Å². The average molecular weight is 276 g/mol. The van der Waals surface area contributed by atoms with E-state index in [1.807, 2.05) is 24.3 Å². The van der Waals surface area contributed by atoms with Crippen LogP contribution in [-0.4, -0.2) is 27.0 Å². The minimum atomic E-state index is -0.849. The highest BCUT2D eigenvalue weighted by atomic mass is 32.2. The summed E-state index contributed by atoms with van der Waals surface area (Å²) >= 11 is 2.86. The summed E-state index contributed by atoms with van der Waals surface area (Å²) in [6.07, 6.45) is 1.73. The molecule has 2 aromatic heterocycles. The quantitative estimate of drug-likeness (QED) is 0.745. The second kappa shape index (κ2) is 4.55. The van der Waals surface area contributed by atoms with Crippen molar-refractivity contribution in [1.82, 2.24) is 10.2 Å². The standard InChI is InChI=1S/C12H8N2O2S2/c15-10(16)6-17-12-11-7-3-1-2-4-8(7)18-9(11)5-13-14-12/h1-5H,6H2,(H,15,16). The van der Waals surface area contributed by atoms with Crippen LogP contribution in [0.1, 0.15) is 0 Å². The molecule has 0 fully saturated rings. The van der Waals surface area contributed by atoms with Gasteiger partial charge in [-0.25, -0.2) is 0 Å². The van der Waals surface area contributed by atoms with Crippen LogP contribution in [0.25, 0.3) is 20.2 Å². The Balaban J connectivity index is 2.21. The second-order valence-corrected chi connectivity index (χ2v) is 5.72. The van der Waals surface area contributed by atoms with Crippen molar-refractivity contribution in [2.45, 2.75) is 5.03 Å². The molecule has 1 aromatic carbocycles. The fourth-order valence-corrected chi connectivity index (χ4v) is 3.66. The molecule has 0 radical (unpaired) electrons. The summed E-state index contributed by atoms with van der Waals surface area (Å²) in [6.45, 7) is 0. The third-order valence-electron chi connectivity index (χ3n) is 2.49. The van der Waals surface area contributed by atoms with Gasteiger partial charge in [0, 0.05) is 15.5 Å². The first kappa shape index (κ1) is 11.4. The van der Waals surface area contributed by atoms with E-state index in [0.717, 1.165) is 15.5 Å². The third kappa shape index (κ3) is 1.93. The number of fused-ring (bicyclic) bond motifs is 3. The Kier molecular flexibility index (Phi) is 2.89. The van der Waals surface area contributed by atoms with E-state index in [1.165, 1.54) is 16.5 Å². The first-order valence-electron chi connectivity index (χ1n) is 5.23. The van der Waals surface area contributed by atoms with Gasteiger partial charge < -0.3 is 5.11 Å². The van der Waals surface area contributed by atoms with Gasteiger partial charge in [-0.15, -0.1) is 16.4 Å². The first-order valence-corrected chi connectivity index (χ1v) is 7.03. The normalized spacial score (nSPS) is 11.1. The zero-order chi connectivity index (χ0) is 12.5. The zero-order valence-electron chi connectivity index (χ0n) is 9.16. The van der Waals surface area contributed by atoms with Crippen LogP contribution >= 0.6 is 23.1 Å². The molecule has 2 heterocycles. The Morgan fingerprint density at radius 1 is 1.33 bits per heavy atom. The van der Waals surface area contributed by atoms with E-state index in [0.29, 0.717) is 5.03 Å². The zero-order valence-corrected chi connectivity index (χ0v) is 10.8. The second-order valence-electron chi connectivity index (χ2n) is 3.67. The highest BCUT2D eigenvalue weighted by Crippen LogP contribution is 2.37. The summed E-state index contributed by atoms with van der Waals surface area (Å²) in [5, 5.41) is 19.5. The molecule has 6 heteroatoms. The predicted octanol–water partition coefficient (Wildman–Crippen LogP) is 3.02. The maximum Gasteiger partial charge on any atom is 0.313 e. The maximum absolute atomic E-state index is 10.6. The van der Waals surface area contributed by atoms with E-state index in [-0.39, 0.29) is 5.75 Å². The largest absolute Gasteiger partial charge is 0.481 e. The average Bonchev–Trinajstić information content (AvgIpc) is 2.75. The maximum atomic E-state index is 10.6. The summed E-state index contributed by atoms with van der Waals surface area (Å²) < 4.78 is 2.21. The lowest BCUT2D eigenvalue weighted by Crippen LogP contribution is -1.98. The summed E-state index contributed by atoms with van der Waals surface area (Å²) in [4.78, 5) is 10.6. The van der Waals surface area contributed by atoms with Crippen LogP contribution in [0.15, 0.2) is 35.5 Å². The number of aliphatic carboxylic acids is 1. The highest BCUT2D eigenvalue weighted by Gasteiger charge is 2.12. The molecule has 0 spiro atoms. The smallest absolute Gasteiger partial charge is 0.313 e. The number of rotatable bonds is 3. The van der Waals surface area contributed by atoms with Gasteiger partial charge in [0.1, 0.15) is 5.03 Å². The van der Waals surface area contributed by atoms with Crippen LogP contribution < -0.4 is 0 Å². The lowest BCUT2D eigenvalue weighted by Gasteiger charge is -1.99. The van der Waals surface area contributed by atoms with Gasteiger partial charge in [0.05, 0.1) is 16.6 Å². The van der Waals surface area contributed by atoms with Gasteiger partial charge in [-0.3, -0.25) is 4.79 Å². The molecule has 0 bridgehead atoms. The van der Waals surface area contributed by atoms with Gasteiger partial charge in [-0.2, -0.15) is 5.10 Å². The molecule has 0 saturated carbocycles. The van der Waals surface area contributed by atoms with Gasteiger partial charge in [-0.1, -0.05) is 30.0 Å². The SMILES string of the molecule is O=C(O)CSc1nncc2sc3ccccc3c12. The van der Waals surface area contributed by atoms with Gasteiger partial charge in [0.2, 0.25) is 0 Å². The van der Waals surface area contributed by atoms with Crippen molar-refractivity contribution in [3.63, 3.8) is 0 Å². The fourth-order valence-electron chi connectivity index (χ4n) is 1.79. The number of nitrogens with zero attached hydrogens (tertiary/aromatic N) is 2. The fraction of sp³-hybridized carbons (Fsp3) is 0.0833. The molecule has 4 nitrogen and oxygen atoms in total. The Labute approximate surface area is 111 Å². The molecule has 18 heavy (non-hydrogen) atoms. The van der Waals surface area contributed by atoms with Crippen LogP contribution in [0.2, 0.25) is 0 Å². The van der Waals surface area contributed by atoms with Crippen LogP contribution in [0.5, 0.6) is 0 Å². The molecular weight excluding hydrogens is 268 g/mol. The Morgan fingerprint density at radius 3 is 3.00 bits per heavy atom. The van der Waals surface area contributed by atoms with E-state index in [1.54, 1.807) is 17.5 Å². The highest BCUT2D eigenvalue weighted by molar-refractivity contribution is 8.00. The van der Waals surface area contributed by atoms with E-state index < -0.39 is 5.97 Å². The van der Waals surface area contributed by atoms with Crippen LogP contribution in [-0.2, 0) is 4.79 Å². The Morgan fingerprint density at radius 2 is 2.17 bits per heavy atom. The van der Waals surface area contributed by atoms with Crippen molar-refractivity contribution in [3.8, 4) is 0 Å². The third-order valence-corrected chi connectivity index (χ3v) is 4.55. The van der Waals surface area contributed by atoms with E-state index in [9.17, 15) is 4.79 Å². The topological polar surface area (TPSA) is 63.1 Å². The summed E-state index contributed by atoms with van der Waals surface area (Å²) in [5.41, 5.74) is 0. The number of benzene rings is 1. The van der Waals surface area contributed by atoms with Crippen molar-refractivity contribution < 1.29 is 9.90 Å². The molecule has 0 aliphatic carbocycles. The molecule has 0 unspecified atom stereocenters. The number of thiophene rings is 1. The molecule has 0 aliphatic heterocycles. The van der Waals surface area contributed by atoms with Crippen LogP contribution in [0.4, 0.5) is 0 Å². The number of carboxylic acid groups (broad SMARTS) is 1. The van der Waals surface area contributed by atoms with Crippen molar-refractivity contribution in [3.05, 3.63) is 30.5 Å². The number of thioether (sulfide) groups is 1. The van der Waals surface area contributed by atoms with Crippen molar-refractivity contribution >= 4 is 49.2 Å². The monoisotopic (exact) mass is 276 g/mol. The van der Waals surface area contributed by atoms with Crippen molar-refractivity contribution in [2.75, 3.05) is 5.75 Å². The molecule has 0 atom stereocenters. The van der Waals surface area contributed by atoms with E-state index >= 15 is 0 Å². The number of hydrogen-bond donors (Lipinski definition) is 1.